The number of anilines is 1. The summed E-state index contributed by atoms with van der Waals surface area (Å²) < 4.78 is 22.8. The number of thiazole rings is 1. The lowest BCUT2D eigenvalue weighted by molar-refractivity contribution is 0.0979. The zero-order chi connectivity index (χ0) is 22.0. The van der Waals surface area contributed by atoms with E-state index in [9.17, 15) is 4.79 Å². The molecule has 0 saturated carbocycles. The van der Waals surface area contributed by atoms with Crippen LogP contribution in [0.2, 0.25) is 0 Å². The Morgan fingerprint density at radius 1 is 1.03 bits per heavy atom. The van der Waals surface area contributed by atoms with E-state index in [-0.39, 0.29) is 12.5 Å². The van der Waals surface area contributed by atoms with Gasteiger partial charge >= 0.3 is 0 Å². The van der Waals surface area contributed by atoms with E-state index < -0.39 is 0 Å². The molecule has 0 fully saturated rings. The zero-order valence-electron chi connectivity index (χ0n) is 17.7. The number of benzene rings is 2. The van der Waals surface area contributed by atoms with Crippen molar-refractivity contribution in [3.8, 4) is 17.2 Å². The van der Waals surface area contributed by atoms with Crippen molar-refractivity contribution in [3.05, 3.63) is 65.6 Å². The van der Waals surface area contributed by atoms with Gasteiger partial charge in [-0.3, -0.25) is 9.69 Å². The molecule has 0 aliphatic heterocycles. The van der Waals surface area contributed by atoms with E-state index in [2.05, 4.69) is 0 Å². The minimum atomic E-state index is -0.275. The van der Waals surface area contributed by atoms with Crippen LogP contribution >= 0.6 is 11.3 Å². The molecule has 0 unspecified atom stereocenters. The van der Waals surface area contributed by atoms with Crippen molar-refractivity contribution < 1.29 is 23.4 Å². The van der Waals surface area contributed by atoms with Gasteiger partial charge in [0.25, 0.3) is 5.91 Å². The summed E-state index contributed by atoms with van der Waals surface area (Å²) >= 11 is 1.43. The topological polar surface area (TPSA) is 74.0 Å². The van der Waals surface area contributed by atoms with Crippen molar-refractivity contribution >= 4 is 32.6 Å². The van der Waals surface area contributed by atoms with Crippen LogP contribution in [0.1, 0.15) is 21.7 Å². The van der Waals surface area contributed by atoms with Gasteiger partial charge in [0.05, 0.1) is 44.4 Å². The number of hydrogen-bond acceptors (Lipinski definition) is 7. The highest BCUT2D eigenvalue weighted by molar-refractivity contribution is 7.22. The molecule has 31 heavy (non-hydrogen) atoms. The minimum Gasteiger partial charge on any atom is -0.494 e. The number of fused-ring (bicyclic) bond motifs is 1. The highest BCUT2D eigenvalue weighted by atomic mass is 32.1. The SMILES string of the molecule is COc1cccc(C(=O)N(Cc2ccco2)c2nc3c(OC)ccc(C)c3s2)c1OC. The summed E-state index contributed by atoms with van der Waals surface area (Å²) in [6, 6.07) is 12.7. The highest BCUT2D eigenvalue weighted by Gasteiger charge is 2.27. The number of aromatic nitrogens is 1. The van der Waals surface area contributed by atoms with Gasteiger partial charge < -0.3 is 18.6 Å². The van der Waals surface area contributed by atoms with Crippen molar-refractivity contribution in [1.29, 1.82) is 0 Å². The molecule has 7 nitrogen and oxygen atoms in total. The number of aryl methyl sites for hydroxylation is 1. The van der Waals surface area contributed by atoms with Crippen LogP contribution in [0.15, 0.2) is 53.1 Å². The van der Waals surface area contributed by atoms with Crippen LogP contribution in [-0.2, 0) is 6.54 Å². The number of furan rings is 1. The van der Waals surface area contributed by atoms with Gasteiger partial charge in [-0.2, -0.15) is 0 Å². The minimum absolute atomic E-state index is 0.216. The fourth-order valence-electron chi connectivity index (χ4n) is 3.36. The second kappa shape index (κ2) is 8.69. The van der Waals surface area contributed by atoms with Crippen LogP contribution in [0.25, 0.3) is 10.2 Å². The number of amides is 1. The van der Waals surface area contributed by atoms with E-state index >= 15 is 0 Å². The molecule has 1 amide bonds. The Hall–Kier alpha value is -3.52. The number of carbonyl (C=O) groups excluding carboxylic acids is 1. The summed E-state index contributed by atoms with van der Waals surface area (Å²) in [5, 5.41) is 0.536. The highest BCUT2D eigenvalue weighted by Crippen LogP contribution is 2.39. The monoisotopic (exact) mass is 438 g/mol. The fourth-order valence-corrected chi connectivity index (χ4v) is 4.41. The molecule has 0 N–H and O–H groups in total. The molecule has 2 aromatic heterocycles. The first-order valence-corrected chi connectivity index (χ1v) is 10.4. The first-order valence-electron chi connectivity index (χ1n) is 9.56. The number of methoxy groups -OCH3 is 3. The standard InChI is InChI=1S/C23H22N2O5S/c1-14-10-11-17(27-2)19-21(14)31-23(24-19)25(13-15-7-6-12-30-15)22(26)16-8-5-9-18(28-3)20(16)29-4/h5-12H,13H2,1-4H3. The first-order chi connectivity index (χ1) is 15.1. The molecule has 4 aromatic rings. The lowest BCUT2D eigenvalue weighted by Gasteiger charge is -2.20. The average Bonchev–Trinajstić information content (AvgIpc) is 3.47. The van der Waals surface area contributed by atoms with E-state index in [1.54, 1.807) is 42.5 Å². The molecule has 2 aromatic carbocycles. The van der Waals surface area contributed by atoms with Gasteiger partial charge in [0.2, 0.25) is 0 Å². The predicted octanol–water partition coefficient (Wildman–Crippen LogP) is 5.07. The van der Waals surface area contributed by atoms with Gasteiger partial charge in [0.1, 0.15) is 17.0 Å². The lowest BCUT2D eigenvalue weighted by atomic mass is 10.1. The van der Waals surface area contributed by atoms with Gasteiger partial charge in [-0.05, 0) is 42.8 Å². The number of rotatable bonds is 7. The smallest absolute Gasteiger partial charge is 0.264 e. The molecule has 0 bridgehead atoms. The molecule has 4 rings (SSSR count). The van der Waals surface area contributed by atoms with Crippen molar-refractivity contribution in [2.75, 3.05) is 26.2 Å². The molecule has 0 atom stereocenters. The summed E-state index contributed by atoms with van der Waals surface area (Å²) in [5.41, 5.74) is 2.15. The first kappa shape index (κ1) is 20.7. The lowest BCUT2D eigenvalue weighted by Crippen LogP contribution is -2.30. The van der Waals surface area contributed by atoms with E-state index in [4.69, 9.17) is 23.6 Å². The maximum absolute atomic E-state index is 13.7. The number of carbonyl (C=O) groups is 1. The van der Waals surface area contributed by atoms with Gasteiger partial charge in [-0.1, -0.05) is 23.5 Å². The maximum Gasteiger partial charge on any atom is 0.264 e. The summed E-state index contributed by atoms with van der Waals surface area (Å²) in [7, 11) is 4.66. The molecular formula is C23H22N2O5S. The summed E-state index contributed by atoms with van der Waals surface area (Å²) in [4.78, 5) is 20.1. The van der Waals surface area contributed by atoms with Gasteiger partial charge in [-0.25, -0.2) is 4.98 Å². The number of nitrogens with zero attached hydrogens (tertiary/aromatic N) is 2. The van der Waals surface area contributed by atoms with Crippen LogP contribution < -0.4 is 19.1 Å². The van der Waals surface area contributed by atoms with Crippen LogP contribution in [0, 0.1) is 6.92 Å². The average molecular weight is 439 g/mol. The third kappa shape index (κ3) is 3.82. The Bertz CT molecular complexity index is 1220. The van der Waals surface area contributed by atoms with Crippen molar-refractivity contribution in [1.82, 2.24) is 4.98 Å². The molecule has 0 radical (unpaired) electrons. The van der Waals surface area contributed by atoms with Crippen molar-refractivity contribution in [2.24, 2.45) is 0 Å². The number of ether oxygens (including phenoxy) is 3. The van der Waals surface area contributed by atoms with Crippen molar-refractivity contribution in [3.63, 3.8) is 0 Å². The van der Waals surface area contributed by atoms with Crippen LogP contribution in [0.5, 0.6) is 17.2 Å². The Labute approximate surface area is 183 Å². The predicted molar refractivity (Wildman–Crippen MR) is 120 cm³/mol. The summed E-state index contributed by atoms with van der Waals surface area (Å²) in [6.45, 7) is 2.22. The van der Waals surface area contributed by atoms with Crippen LogP contribution in [0.3, 0.4) is 0 Å². The van der Waals surface area contributed by atoms with Gasteiger partial charge in [0.15, 0.2) is 16.6 Å². The van der Waals surface area contributed by atoms with E-state index in [1.165, 1.54) is 25.6 Å². The maximum atomic E-state index is 13.7. The third-order valence-electron chi connectivity index (χ3n) is 4.92. The Morgan fingerprint density at radius 2 is 1.84 bits per heavy atom. The van der Waals surface area contributed by atoms with Crippen LogP contribution in [0.4, 0.5) is 5.13 Å². The molecule has 2 heterocycles. The van der Waals surface area contributed by atoms with Crippen molar-refractivity contribution in [2.45, 2.75) is 13.5 Å². The Balaban J connectivity index is 1.85. The number of para-hydroxylation sites is 1. The normalized spacial score (nSPS) is 10.8. The number of hydrogen-bond donors (Lipinski definition) is 0. The molecule has 0 aliphatic rings. The third-order valence-corrected chi connectivity index (χ3v) is 6.13. The zero-order valence-corrected chi connectivity index (χ0v) is 18.5. The van der Waals surface area contributed by atoms with Gasteiger partial charge in [0, 0.05) is 0 Å². The Morgan fingerprint density at radius 3 is 2.52 bits per heavy atom. The summed E-state index contributed by atoms with van der Waals surface area (Å²) in [6.07, 6.45) is 1.58. The molecule has 0 spiro atoms. The van der Waals surface area contributed by atoms with E-state index in [0.29, 0.717) is 33.7 Å². The largest absolute Gasteiger partial charge is 0.494 e. The summed E-state index contributed by atoms with van der Waals surface area (Å²) in [5.74, 6) is 1.87. The molecule has 8 heteroatoms. The second-order valence-corrected chi connectivity index (χ2v) is 7.75. The molecule has 160 valence electrons. The Kier molecular flexibility index (Phi) is 5.81. The van der Waals surface area contributed by atoms with Crippen LogP contribution in [-0.4, -0.2) is 32.2 Å². The van der Waals surface area contributed by atoms with Gasteiger partial charge in [-0.15, -0.1) is 0 Å². The quantitative estimate of drug-likeness (QED) is 0.401. The van der Waals surface area contributed by atoms with E-state index in [0.717, 1.165) is 15.8 Å². The molecule has 0 aliphatic carbocycles. The fraction of sp³-hybridized carbons (Fsp3) is 0.217. The molecule has 0 saturated heterocycles. The molecular weight excluding hydrogens is 416 g/mol. The second-order valence-electron chi connectivity index (χ2n) is 6.77. The van der Waals surface area contributed by atoms with E-state index in [1.807, 2.05) is 25.1 Å².